The van der Waals surface area contributed by atoms with E-state index in [-0.39, 0.29) is 23.4 Å². The lowest BCUT2D eigenvalue weighted by molar-refractivity contribution is 0.442. The lowest BCUT2D eigenvalue weighted by atomic mass is 10.1. The first kappa shape index (κ1) is 13.2. The maximum absolute atomic E-state index is 13.1. The zero-order valence-electron chi connectivity index (χ0n) is 10.5. The van der Waals surface area contributed by atoms with Gasteiger partial charge in [-0.1, -0.05) is 13.8 Å². The van der Waals surface area contributed by atoms with Crippen molar-refractivity contribution >= 4 is 5.82 Å². The maximum atomic E-state index is 13.1. The molecule has 19 heavy (non-hydrogen) atoms. The first-order chi connectivity index (χ1) is 8.97. The molecule has 0 aliphatic rings. The average molecular weight is 265 g/mol. The fraction of sp³-hybridized carbons (Fsp3) is 0.231. The Morgan fingerprint density at radius 3 is 2.32 bits per heavy atom. The lowest BCUT2D eigenvalue weighted by Crippen LogP contribution is -2.04. The highest BCUT2D eigenvalue weighted by Gasteiger charge is 2.15. The average Bonchev–Trinajstić information content (AvgIpc) is 2.26. The molecule has 0 unspecified atom stereocenters. The van der Waals surface area contributed by atoms with Crippen LogP contribution in [0.4, 0.5) is 14.6 Å². The van der Waals surface area contributed by atoms with E-state index in [0.29, 0.717) is 5.56 Å². The van der Waals surface area contributed by atoms with Crippen molar-refractivity contribution in [3.8, 4) is 11.6 Å². The third kappa shape index (κ3) is 2.96. The summed E-state index contributed by atoms with van der Waals surface area (Å²) in [5.41, 5.74) is 6.36. The van der Waals surface area contributed by atoms with E-state index in [0.717, 1.165) is 18.2 Å². The molecule has 0 aliphatic heterocycles. The van der Waals surface area contributed by atoms with Gasteiger partial charge in [-0.3, -0.25) is 0 Å². The number of ether oxygens (including phenoxy) is 1. The molecule has 0 amide bonds. The third-order valence-electron chi connectivity index (χ3n) is 2.51. The summed E-state index contributed by atoms with van der Waals surface area (Å²) in [5, 5.41) is 0. The Labute approximate surface area is 109 Å². The number of rotatable bonds is 3. The van der Waals surface area contributed by atoms with Gasteiger partial charge in [-0.15, -0.1) is 0 Å². The minimum absolute atomic E-state index is 0.0228. The molecule has 6 heteroatoms. The van der Waals surface area contributed by atoms with Crippen LogP contribution in [0.25, 0.3) is 0 Å². The molecular formula is C13H13F2N3O. The number of aromatic nitrogens is 2. The second kappa shape index (κ2) is 5.17. The van der Waals surface area contributed by atoms with E-state index >= 15 is 0 Å². The highest BCUT2D eigenvalue weighted by Crippen LogP contribution is 2.31. The zero-order valence-corrected chi connectivity index (χ0v) is 10.5. The zero-order chi connectivity index (χ0) is 14.0. The van der Waals surface area contributed by atoms with Crippen LogP contribution in [0, 0.1) is 11.6 Å². The van der Waals surface area contributed by atoms with Gasteiger partial charge in [-0.25, -0.2) is 18.7 Å². The van der Waals surface area contributed by atoms with Crippen LogP contribution < -0.4 is 10.5 Å². The molecule has 1 aromatic carbocycles. The summed E-state index contributed by atoms with van der Waals surface area (Å²) in [6.07, 6.45) is 1.24. The summed E-state index contributed by atoms with van der Waals surface area (Å²) >= 11 is 0. The van der Waals surface area contributed by atoms with Crippen molar-refractivity contribution in [1.29, 1.82) is 0 Å². The lowest BCUT2D eigenvalue weighted by Gasteiger charge is -2.13. The maximum Gasteiger partial charge on any atom is 0.227 e. The third-order valence-corrected chi connectivity index (χ3v) is 2.51. The van der Waals surface area contributed by atoms with Gasteiger partial charge in [0, 0.05) is 18.2 Å². The number of nitrogens with zero attached hydrogens (tertiary/aromatic N) is 2. The van der Waals surface area contributed by atoms with Gasteiger partial charge in [0.05, 0.1) is 5.56 Å². The summed E-state index contributed by atoms with van der Waals surface area (Å²) in [7, 11) is 0. The summed E-state index contributed by atoms with van der Waals surface area (Å²) in [4.78, 5) is 7.83. The molecule has 1 heterocycles. The Morgan fingerprint density at radius 1 is 1.11 bits per heavy atom. The van der Waals surface area contributed by atoms with Crippen molar-refractivity contribution in [1.82, 2.24) is 9.97 Å². The van der Waals surface area contributed by atoms with Crippen molar-refractivity contribution in [2.24, 2.45) is 0 Å². The van der Waals surface area contributed by atoms with Gasteiger partial charge in [0.15, 0.2) is 0 Å². The van der Waals surface area contributed by atoms with E-state index < -0.39 is 11.6 Å². The van der Waals surface area contributed by atoms with Gasteiger partial charge in [0.25, 0.3) is 0 Å². The number of benzene rings is 1. The molecule has 0 bridgehead atoms. The highest BCUT2D eigenvalue weighted by atomic mass is 19.1. The van der Waals surface area contributed by atoms with Crippen molar-refractivity contribution in [2.75, 3.05) is 5.73 Å². The van der Waals surface area contributed by atoms with Gasteiger partial charge < -0.3 is 10.5 Å². The number of nitrogens with two attached hydrogens (primary N) is 1. The summed E-state index contributed by atoms with van der Waals surface area (Å²) in [6, 6.07) is 2.92. The van der Waals surface area contributed by atoms with E-state index in [9.17, 15) is 8.78 Å². The van der Waals surface area contributed by atoms with E-state index in [1.54, 1.807) is 0 Å². The van der Waals surface area contributed by atoms with Gasteiger partial charge in [0.1, 0.15) is 29.5 Å². The first-order valence-corrected chi connectivity index (χ1v) is 5.71. The molecule has 0 spiro atoms. The van der Waals surface area contributed by atoms with Crippen LogP contribution in [0.5, 0.6) is 11.6 Å². The molecule has 1 aromatic heterocycles. The number of hydrogen-bond donors (Lipinski definition) is 1. The smallest absolute Gasteiger partial charge is 0.227 e. The number of halogens is 2. The van der Waals surface area contributed by atoms with E-state index in [1.165, 1.54) is 6.33 Å². The Balaban J connectivity index is 2.40. The topological polar surface area (TPSA) is 61.0 Å². The van der Waals surface area contributed by atoms with Gasteiger partial charge in [-0.2, -0.15) is 0 Å². The van der Waals surface area contributed by atoms with Crippen molar-refractivity contribution in [3.05, 3.63) is 41.7 Å². The first-order valence-electron chi connectivity index (χ1n) is 5.71. The summed E-state index contributed by atoms with van der Waals surface area (Å²) < 4.78 is 31.6. The largest absolute Gasteiger partial charge is 0.438 e. The molecule has 4 nitrogen and oxygen atoms in total. The van der Waals surface area contributed by atoms with Crippen LogP contribution in [0.2, 0.25) is 0 Å². The quantitative estimate of drug-likeness (QED) is 0.925. The highest BCUT2D eigenvalue weighted by molar-refractivity contribution is 5.48. The fourth-order valence-electron chi connectivity index (χ4n) is 1.72. The molecule has 2 rings (SSSR count). The SMILES string of the molecule is CC(C)c1c(N)ncnc1Oc1cc(F)cc(F)c1. The molecule has 2 aromatic rings. The molecule has 0 saturated heterocycles. The minimum Gasteiger partial charge on any atom is -0.438 e. The minimum atomic E-state index is -0.719. The number of nitrogen functional groups attached to an aromatic ring is 1. The number of hydrogen-bond acceptors (Lipinski definition) is 4. The van der Waals surface area contributed by atoms with Gasteiger partial charge in [0.2, 0.25) is 5.88 Å². The Kier molecular flexibility index (Phi) is 3.59. The Hall–Kier alpha value is -2.24. The van der Waals surface area contributed by atoms with Crippen molar-refractivity contribution < 1.29 is 13.5 Å². The van der Waals surface area contributed by atoms with E-state index in [2.05, 4.69) is 9.97 Å². The molecule has 2 N–H and O–H groups in total. The van der Waals surface area contributed by atoms with Gasteiger partial charge >= 0.3 is 0 Å². The molecule has 0 aliphatic carbocycles. The molecular weight excluding hydrogens is 252 g/mol. The Morgan fingerprint density at radius 2 is 1.74 bits per heavy atom. The predicted octanol–water partition coefficient (Wildman–Crippen LogP) is 3.25. The fourth-order valence-corrected chi connectivity index (χ4v) is 1.72. The molecule has 0 atom stereocenters. The van der Waals surface area contributed by atoms with Crippen LogP contribution >= 0.6 is 0 Å². The van der Waals surface area contributed by atoms with Crippen LogP contribution in [0.15, 0.2) is 24.5 Å². The second-order valence-electron chi connectivity index (χ2n) is 4.34. The molecule has 100 valence electrons. The van der Waals surface area contributed by atoms with Crippen molar-refractivity contribution in [2.45, 2.75) is 19.8 Å². The number of anilines is 1. The van der Waals surface area contributed by atoms with E-state index in [4.69, 9.17) is 10.5 Å². The van der Waals surface area contributed by atoms with Crippen LogP contribution in [-0.4, -0.2) is 9.97 Å². The monoisotopic (exact) mass is 265 g/mol. The predicted molar refractivity (Wildman–Crippen MR) is 67.0 cm³/mol. The standard InChI is InChI=1S/C13H13F2N3O/c1-7(2)11-12(16)17-6-18-13(11)19-10-4-8(14)3-9(15)5-10/h3-7H,1-2H3,(H2,16,17,18). The molecule has 0 fully saturated rings. The van der Waals surface area contributed by atoms with Gasteiger partial charge in [-0.05, 0) is 5.92 Å². The molecule has 0 saturated carbocycles. The van der Waals surface area contributed by atoms with E-state index in [1.807, 2.05) is 13.8 Å². The van der Waals surface area contributed by atoms with Crippen LogP contribution in [0.3, 0.4) is 0 Å². The normalized spacial score (nSPS) is 10.8. The summed E-state index contributed by atoms with van der Waals surface area (Å²) in [6.45, 7) is 3.79. The molecule has 0 radical (unpaired) electrons. The van der Waals surface area contributed by atoms with Crippen LogP contribution in [0.1, 0.15) is 25.3 Å². The Bertz CT molecular complexity index is 582. The summed E-state index contributed by atoms with van der Waals surface area (Å²) in [5.74, 6) is -0.900. The van der Waals surface area contributed by atoms with Crippen molar-refractivity contribution in [3.63, 3.8) is 0 Å². The second-order valence-corrected chi connectivity index (χ2v) is 4.34. The van der Waals surface area contributed by atoms with Crippen LogP contribution in [-0.2, 0) is 0 Å².